The first-order chi connectivity index (χ1) is 13.6. The van der Waals surface area contributed by atoms with E-state index >= 15 is 0 Å². The average molecular weight is 385 g/mol. The average Bonchev–Trinajstić information content (AvgIpc) is 3.47. The van der Waals surface area contributed by atoms with E-state index in [1.165, 1.54) is 0 Å². The van der Waals surface area contributed by atoms with E-state index in [1.54, 1.807) is 12.4 Å². The Bertz CT molecular complexity index is 737. The Labute approximate surface area is 164 Å². The van der Waals surface area contributed by atoms with Crippen LogP contribution in [0.4, 0.5) is 0 Å². The van der Waals surface area contributed by atoms with Crippen LogP contribution in [-0.4, -0.2) is 58.8 Å². The van der Waals surface area contributed by atoms with Gasteiger partial charge in [0, 0.05) is 56.5 Å². The molecule has 0 unspecified atom stereocenters. The predicted molar refractivity (Wildman–Crippen MR) is 102 cm³/mol. The van der Waals surface area contributed by atoms with Crippen LogP contribution >= 0.6 is 0 Å². The number of piperazine rings is 1. The van der Waals surface area contributed by atoms with Crippen LogP contribution in [0.2, 0.25) is 0 Å². The van der Waals surface area contributed by atoms with Gasteiger partial charge in [-0.05, 0) is 37.3 Å². The second kappa shape index (κ2) is 8.26. The number of fused-ring (bicyclic) bond motifs is 1. The fraction of sp³-hybridized carbons (Fsp3) is 0.600. The fourth-order valence-corrected chi connectivity index (χ4v) is 4.10. The van der Waals surface area contributed by atoms with Crippen LogP contribution in [0, 0.1) is 5.92 Å². The van der Waals surface area contributed by atoms with Gasteiger partial charge in [-0.3, -0.25) is 24.3 Å². The van der Waals surface area contributed by atoms with Gasteiger partial charge in [0.25, 0.3) is 0 Å². The summed E-state index contributed by atoms with van der Waals surface area (Å²) in [4.78, 5) is 42.7. The van der Waals surface area contributed by atoms with Crippen LogP contribution in [0.15, 0.2) is 24.5 Å². The van der Waals surface area contributed by atoms with Crippen molar-refractivity contribution in [1.82, 2.24) is 25.8 Å². The molecule has 3 heterocycles. The van der Waals surface area contributed by atoms with Crippen molar-refractivity contribution < 1.29 is 14.4 Å². The SMILES string of the molecule is O=C(CC[C@@H]1CNC(=O)[C@@H]2C[C@H](NC(=O)C3CC3)CN12)NCc1cccnc1. The molecular weight excluding hydrogens is 358 g/mol. The molecule has 0 bridgehead atoms. The largest absolute Gasteiger partial charge is 0.353 e. The molecule has 3 amide bonds. The standard InChI is InChI=1S/C20H27N5O3/c26-18(22-10-13-2-1-7-21-9-13)6-5-16-11-23-20(28)17-8-15(12-25(16)17)24-19(27)14-3-4-14/h1-2,7,9,14-17H,3-6,8,10-12H2,(H,22,26)(H,23,28)(H,24,27)/t15-,16+,17-/m0/s1. The molecule has 8 nitrogen and oxygen atoms in total. The summed E-state index contributed by atoms with van der Waals surface area (Å²) in [5.41, 5.74) is 0.967. The highest BCUT2D eigenvalue weighted by atomic mass is 16.2. The molecule has 8 heteroatoms. The Morgan fingerprint density at radius 1 is 1.32 bits per heavy atom. The second-order valence-electron chi connectivity index (χ2n) is 8.00. The molecule has 3 fully saturated rings. The number of pyridine rings is 1. The number of rotatable bonds is 7. The van der Waals surface area contributed by atoms with E-state index < -0.39 is 0 Å². The number of hydrogen-bond donors (Lipinski definition) is 3. The van der Waals surface area contributed by atoms with Gasteiger partial charge in [-0.15, -0.1) is 0 Å². The normalized spacial score (nSPS) is 27.0. The van der Waals surface area contributed by atoms with Crippen LogP contribution in [0.5, 0.6) is 0 Å². The van der Waals surface area contributed by atoms with Gasteiger partial charge in [0.2, 0.25) is 17.7 Å². The Hall–Kier alpha value is -2.48. The third-order valence-electron chi connectivity index (χ3n) is 5.83. The van der Waals surface area contributed by atoms with E-state index in [-0.39, 0.29) is 41.8 Å². The van der Waals surface area contributed by atoms with Gasteiger partial charge in [0.1, 0.15) is 0 Å². The van der Waals surface area contributed by atoms with Crippen molar-refractivity contribution in [1.29, 1.82) is 0 Å². The number of carbonyl (C=O) groups is 3. The molecule has 1 saturated carbocycles. The molecule has 2 aliphatic heterocycles. The Balaban J connectivity index is 1.26. The number of amides is 3. The molecule has 2 saturated heterocycles. The number of aromatic nitrogens is 1. The lowest BCUT2D eigenvalue weighted by molar-refractivity contribution is -0.129. The third-order valence-corrected chi connectivity index (χ3v) is 5.83. The molecule has 1 aromatic rings. The second-order valence-corrected chi connectivity index (χ2v) is 8.00. The smallest absolute Gasteiger partial charge is 0.237 e. The maximum atomic E-state index is 12.2. The number of nitrogens with one attached hydrogen (secondary N) is 3. The van der Waals surface area contributed by atoms with Crippen LogP contribution in [0.3, 0.4) is 0 Å². The zero-order valence-electron chi connectivity index (χ0n) is 15.9. The molecule has 28 heavy (non-hydrogen) atoms. The van der Waals surface area contributed by atoms with Crippen molar-refractivity contribution in [2.45, 2.75) is 56.8 Å². The minimum Gasteiger partial charge on any atom is -0.353 e. The van der Waals surface area contributed by atoms with E-state index in [4.69, 9.17) is 0 Å². The van der Waals surface area contributed by atoms with Gasteiger partial charge in [-0.2, -0.15) is 0 Å². The Morgan fingerprint density at radius 3 is 2.93 bits per heavy atom. The van der Waals surface area contributed by atoms with Gasteiger partial charge in [-0.1, -0.05) is 6.07 Å². The third kappa shape index (κ3) is 4.49. The zero-order chi connectivity index (χ0) is 19.5. The molecule has 150 valence electrons. The van der Waals surface area contributed by atoms with Gasteiger partial charge < -0.3 is 16.0 Å². The summed E-state index contributed by atoms with van der Waals surface area (Å²) in [7, 11) is 0. The molecule has 0 spiro atoms. The summed E-state index contributed by atoms with van der Waals surface area (Å²) >= 11 is 0. The highest BCUT2D eigenvalue weighted by molar-refractivity contribution is 5.84. The first kappa shape index (κ1) is 18.9. The summed E-state index contributed by atoms with van der Waals surface area (Å²) in [6.45, 7) is 1.70. The highest BCUT2D eigenvalue weighted by Gasteiger charge is 2.44. The predicted octanol–water partition coefficient (Wildman–Crippen LogP) is -0.0545. The van der Waals surface area contributed by atoms with E-state index in [2.05, 4.69) is 25.8 Å². The van der Waals surface area contributed by atoms with Crippen molar-refractivity contribution >= 4 is 17.7 Å². The molecule has 3 aliphatic rings. The molecular formula is C20H27N5O3. The summed E-state index contributed by atoms with van der Waals surface area (Å²) < 4.78 is 0. The highest BCUT2D eigenvalue weighted by Crippen LogP contribution is 2.30. The van der Waals surface area contributed by atoms with Crippen LogP contribution in [-0.2, 0) is 20.9 Å². The first-order valence-electron chi connectivity index (χ1n) is 10.1. The number of nitrogens with zero attached hydrogens (tertiary/aromatic N) is 2. The minimum atomic E-state index is -0.207. The summed E-state index contributed by atoms with van der Waals surface area (Å²) in [6, 6.07) is 3.70. The lowest BCUT2D eigenvalue weighted by Gasteiger charge is -2.37. The lowest BCUT2D eigenvalue weighted by atomic mass is 10.0. The summed E-state index contributed by atoms with van der Waals surface area (Å²) in [5, 5.41) is 8.98. The van der Waals surface area contributed by atoms with Crippen LogP contribution < -0.4 is 16.0 Å². The van der Waals surface area contributed by atoms with Crippen LogP contribution in [0.25, 0.3) is 0 Å². The van der Waals surface area contributed by atoms with Crippen molar-refractivity contribution in [3.05, 3.63) is 30.1 Å². The molecule has 4 rings (SSSR count). The quantitative estimate of drug-likeness (QED) is 0.610. The summed E-state index contributed by atoms with van der Waals surface area (Å²) in [6.07, 6.45) is 7.12. The molecule has 3 N–H and O–H groups in total. The van der Waals surface area contributed by atoms with Crippen molar-refractivity contribution in [3.8, 4) is 0 Å². The zero-order valence-corrected chi connectivity index (χ0v) is 15.9. The molecule has 0 aromatic carbocycles. The molecule has 1 aromatic heterocycles. The molecule has 1 aliphatic carbocycles. The van der Waals surface area contributed by atoms with E-state index in [0.717, 1.165) is 18.4 Å². The van der Waals surface area contributed by atoms with Crippen LogP contribution in [0.1, 0.15) is 37.7 Å². The van der Waals surface area contributed by atoms with Crippen molar-refractivity contribution in [2.75, 3.05) is 13.1 Å². The molecule has 0 radical (unpaired) electrons. The Morgan fingerprint density at radius 2 is 2.18 bits per heavy atom. The van der Waals surface area contributed by atoms with Gasteiger partial charge in [0.15, 0.2) is 0 Å². The maximum Gasteiger partial charge on any atom is 0.237 e. The molecule has 3 atom stereocenters. The monoisotopic (exact) mass is 385 g/mol. The maximum absolute atomic E-state index is 12.2. The Kier molecular flexibility index (Phi) is 5.57. The van der Waals surface area contributed by atoms with E-state index in [0.29, 0.717) is 38.9 Å². The lowest BCUT2D eigenvalue weighted by Crippen LogP contribution is -2.58. The van der Waals surface area contributed by atoms with Crippen molar-refractivity contribution in [3.63, 3.8) is 0 Å². The van der Waals surface area contributed by atoms with Gasteiger partial charge >= 0.3 is 0 Å². The summed E-state index contributed by atoms with van der Waals surface area (Å²) in [5.74, 6) is 0.317. The number of carbonyl (C=O) groups excluding carboxylic acids is 3. The van der Waals surface area contributed by atoms with Gasteiger partial charge in [0.05, 0.1) is 6.04 Å². The fourth-order valence-electron chi connectivity index (χ4n) is 4.10. The van der Waals surface area contributed by atoms with Crippen molar-refractivity contribution in [2.24, 2.45) is 5.92 Å². The van der Waals surface area contributed by atoms with Gasteiger partial charge in [-0.25, -0.2) is 0 Å². The topological polar surface area (TPSA) is 103 Å². The van der Waals surface area contributed by atoms with E-state index in [1.807, 2.05) is 12.1 Å². The number of hydrogen-bond acceptors (Lipinski definition) is 5. The minimum absolute atomic E-state index is 0.00455. The van der Waals surface area contributed by atoms with E-state index in [9.17, 15) is 14.4 Å². The first-order valence-corrected chi connectivity index (χ1v) is 10.1.